The number of likely N-dealkylation sites (tertiary alicyclic amines) is 1. The van der Waals surface area contributed by atoms with Crippen LogP contribution in [0.3, 0.4) is 0 Å². The van der Waals surface area contributed by atoms with Gasteiger partial charge in [-0.3, -0.25) is 4.79 Å². The predicted molar refractivity (Wildman–Crippen MR) is 51.0 cm³/mol. The second-order valence-corrected chi connectivity index (χ2v) is 4.67. The van der Waals surface area contributed by atoms with Crippen LogP contribution in [0.1, 0.15) is 26.7 Å². The first kappa shape index (κ1) is 9.00. The van der Waals surface area contributed by atoms with Crippen molar-refractivity contribution in [1.29, 1.82) is 0 Å². The molecule has 0 aromatic carbocycles. The van der Waals surface area contributed by atoms with Crippen LogP contribution in [-0.2, 0) is 4.79 Å². The molecule has 2 N–H and O–H groups in total. The van der Waals surface area contributed by atoms with Crippen LogP contribution in [0.4, 0.5) is 0 Å². The first-order valence-electron chi connectivity index (χ1n) is 5.17. The van der Waals surface area contributed by atoms with E-state index in [9.17, 15) is 4.79 Å². The molecule has 2 fully saturated rings. The summed E-state index contributed by atoms with van der Waals surface area (Å²) in [6.07, 6.45) is 2.59. The maximum atomic E-state index is 11.4. The molecule has 3 nitrogen and oxygen atoms in total. The van der Waals surface area contributed by atoms with Crippen molar-refractivity contribution in [2.75, 3.05) is 6.54 Å². The SMILES string of the molecule is CC(C)C(C1CC1)N1CC(N)C1=O. The summed E-state index contributed by atoms with van der Waals surface area (Å²) >= 11 is 0. The van der Waals surface area contributed by atoms with Crippen molar-refractivity contribution < 1.29 is 4.79 Å². The summed E-state index contributed by atoms with van der Waals surface area (Å²) in [7, 11) is 0. The van der Waals surface area contributed by atoms with Gasteiger partial charge < -0.3 is 10.6 Å². The summed E-state index contributed by atoms with van der Waals surface area (Å²) in [5, 5.41) is 0. The van der Waals surface area contributed by atoms with Crippen LogP contribution in [-0.4, -0.2) is 29.4 Å². The quantitative estimate of drug-likeness (QED) is 0.649. The molecule has 0 aromatic rings. The number of nitrogens with two attached hydrogens (primary N) is 1. The average molecular weight is 182 g/mol. The van der Waals surface area contributed by atoms with E-state index in [-0.39, 0.29) is 11.9 Å². The minimum Gasteiger partial charge on any atom is -0.336 e. The zero-order valence-electron chi connectivity index (χ0n) is 8.36. The van der Waals surface area contributed by atoms with Gasteiger partial charge in [0.15, 0.2) is 0 Å². The summed E-state index contributed by atoms with van der Waals surface area (Å²) in [6.45, 7) is 5.17. The number of carbonyl (C=O) groups is 1. The van der Waals surface area contributed by atoms with Gasteiger partial charge in [-0.15, -0.1) is 0 Å². The van der Waals surface area contributed by atoms with Crippen molar-refractivity contribution in [2.24, 2.45) is 17.6 Å². The molecule has 74 valence electrons. The smallest absolute Gasteiger partial charge is 0.241 e. The zero-order valence-corrected chi connectivity index (χ0v) is 8.36. The van der Waals surface area contributed by atoms with Crippen LogP contribution in [0.5, 0.6) is 0 Å². The standard InChI is InChI=1S/C10H18N2O/c1-6(2)9(7-3-4-7)12-5-8(11)10(12)13/h6-9H,3-5,11H2,1-2H3. The predicted octanol–water partition coefficient (Wildman–Crippen LogP) is 0.590. The van der Waals surface area contributed by atoms with Gasteiger partial charge in [-0.25, -0.2) is 0 Å². The fourth-order valence-electron chi connectivity index (χ4n) is 2.35. The van der Waals surface area contributed by atoms with Gasteiger partial charge in [0.25, 0.3) is 0 Å². The van der Waals surface area contributed by atoms with Gasteiger partial charge in [-0.1, -0.05) is 13.8 Å². The Morgan fingerprint density at radius 1 is 1.46 bits per heavy atom. The molecule has 1 saturated carbocycles. The van der Waals surface area contributed by atoms with Crippen molar-refractivity contribution in [3.05, 3.63) is 0 Å². The summed E-state index contributed by atoms with van der Waals surface area (Å²) in [4.78, 5) is 13.4. The molecule has 1 aliphatic heterocycles. The van der Waals surface area contributed by atoms with Crippen molar-refractivity contribution in [3.63, 3.8) is 0 Å². The first-order valence-corrected chi connectivity index (χ1v) is 5.17. The molecule has 13 heavy (non-hydrogen) atoms. The van der Waals surface area contributed by atoms with Crippen molar-refractivity contribution in [2.45, 2.75) is 38.8 Å². The third-order valence-electron chi connectivity index (χ3n) is 3.14. The minimum atomic E-state index is -0.208. The van der Waals surface area contributed by atoms with Crippen molar-refractivity contribution >= 4 is 5.91 Å². The molecule has 1 heterocycles. The lowest BCUT2D eigenvalue weighted by Gasteiger charge is -2.44. The molecule has 2 aliphatic rings. The van der Waals surface area contributed by atoms with E-state index in [0.717, 1.165) is 12.5 Å². The van der Waals surface area contributed by atoms with E-state index in [1.807, 2.05) is 4.90 Å². The van der Waals surface area contributed by atoms with E-state index in [2.05, 4.69) is 13.8 Å². The van der Waals surface area contributed by atoms with Crippen LogP contribution in [0.2, 0.25) is 0 Å². The zero-order chi connectivity index (χ0) is 9.59. The maximum Gasteiger partial charge on any atom is 0.241 e. The third-order valence-corrected chi connectivity index (χ3v) is 3.14. The Balaban J connectivity index is 2.00. The second-order valence-electron chi connectivity index (χ2n) is 4.67. The fourth-order valence-corrected chi connectivity index (χ4v) is 2.35. The molecule has 0 spiro atoms. The van der Waals surface area contributed by atoms with E-state index in [0.29, 0.717) is 12.0 Å². The van der Waals surface area contributed by atoms with E-state index in [1.165, 1.54) is 12.8 Å². The van der Waals surface area contributed by atoms with Crippen molar-refractivity contribution in [3.8, 4) is 0 Å². The Morgan fingerprint density at radius 2 is 2.08 bits per heavy atom. The Kier molecular flexibility index (Phi) is 2.06. The highest BCUT2D eigenvalue weighted by Gasteiger charge is 2.45. The monoisotopic (exact) mass is 182 g/mol. The molecule has 1 saturated heterocycles. The average Bonchev–Trinajstić information content (AvgIpc) is 2.86. The molecule has 0 radical (unpaired) electrons. The molecule has 2 rings (SSSR count). The van der Waals surface area contributed by atoms with E-state index in [4.69, 9.17) is 5.73 Å². The van der Waals surface area contributed by atoms with Crippen LogP contribution >= 0.6 is 0 Å². The molecule has 1 amide bonds. The lowest BCUT2D eigenvalue weighted by atomic mass is 9.93. The third kappa shape index (κ3) is 1.46. The molecular weight excluding hydrogens is 164 g/mol. The normalized spacial score (nSPS) is 30.6. The molecule has 2 atom stereocenters. The Bertz CT molecular complexity index is 221. The van der Waals surface area contributed by atoms with Gasteiger partial charge in [0.2, 0.25) is 5.91 Å². The largest absolute Gasteiger partial charge is 0.336 e. The number of carbonyl (C=O) groups excluding carboxylic acids is 1. The first-order chi connectivity index (χ1) is 6.11. The minimum absolute atomic E-state index is 0.158. The van der Waals surface area contributed by atoms with Gasteiger partial charge >= 0.3 is 0 Å². The van der Waals surface area contributed by atoms with Gasteiger partial charge in [-0.05, 0) is 24.7 Å². The Labute approximate surface area is 79.3 Å². The van der Waals surface area contributed by atoms with Crippen LogP contribution < -0.4 is 5.73 Å². The molecule has 1 aliphatic carbocycles. The highest BCUT2D eigenvalue weighted by molar-refractivity contribution is 5.88. The number of rotatable bonds is 3. The Morgan fingerprint density at radius 3 is 2.38 bits per heavy atom. The van der Waals surface area contributed by atoms with Crippen LogP contribution in [0.15, 0.2) is 0 Å². The number of hydrogen-bond donors (Lipinski definition) is 1. The number of hydrogen-bond acceptors (Lipinski definition) is 2. The summed E-state index contributed by atoms with van der Waals surface area (Å²) in [6, 6.07) is 0.257. The van der Waals surface area contributed by atoms with Crippen LogP contribution in [0.25, 0.3) is 0 Å². The maximum absolute atomic E-state index is 11.4. The summed E-state index contributed by atoms with van der Waals surface area (Å²) < 4.78 is 0. The van der Waals surface area contributed by atoms with E-state index < -0.39 is 0 Å². The lowest BCUT2D eigenvalue weighted by molar-refractivity contribution is -0.147. The molecule has 2 unspecified atom stereocenters. The summed E-state index contributed by atoms with van der Waals surface area (Å²) in [5.41, 5.74) is 5.58. The van der Waals surface area contributed by atoms with Gasteiger partial charge in [0.05, 0.1) is 0 Å². The number of β-lactam (4-membered cyclic amide) rings is 1. The fraction of sp³-hybridized carbons (Fsp3) is 0.900. The number of amides is 1. The second kappa shape index (κ2) is 2.98. The lowest BCUT2D eigenvalue weighted by Crippen LogP contribution is -2.65. The molecule has 0 aromatic heterocycles. The van der Waals surface area contributed by atoms with E-state index in [1.54, 1.807) is 0 Å². The highest BCUT2D eigenvalue weighted by atomic mass is 16.2. The van der Waals surface area contributed by atoms with Crippen molar-refractivity contribution in [1.82, 2.24) is 4.90 Å². The summed E-state index contributed by atoms with van der Waals surface area (Å²) in [5.74, 6) is 1.49. The molecular formula is C10H18N2O. The highest BCUT2D eigenvalue weighted by Crippen LogP contribution is 2.40. The van der Waals surface area contributed by atoms with E-state index >= 15 is 0 Å². The topological polar surface area (TPSA) is 46.3 Å². The molecule has 0 bridgehead atoms. The van der Waals surface area contributed by atoms with Gasteiger partial charge in [-0.2, -0.15) is 0 Å². The van der Waals surface area contributed by atoms with Crippen LogP contribution in [0, 0.1) is 11.8 Å². The molecule has 3 heteroatoms. The van der Waals surface area contributed by atoms with Gasteiger partial charge in [0, 0.05) is 12.6 Å². The Hall–Kier alpha value is -0.570. The van der Waals surface area contributed by atoms with Gasteiger partial charge in [0.1, 0.15) is 6.04 Å². The number of nitrogens with zero attached hydrogens (tertiary/aromatic N) is 1.